The van der Waals surface area contributed by atoms with E-state index in [4.69, 9.17) is 9.47 Å². The average Bonchev–Trinajstić information content (AvgIpc) is 3.55. The monoisotopic (exact) mass is 832 g/mol. The van der Waals surface area contributed by atoms with Crippen LogP contribution in [0.2, 0.25) is 0 Å². The van der Waals surface area contributed by atoms with Gasteiger partial charge in [-0.15, -0.1) is 0 Å². The molecule has 1 fully saturated rings. The summed E-state index contributed by atoms with van der Waals surface area (Å²) in [5.41, 5.74) is -0.108. The molecule has 16 heteroatoms. The Labute approximate surface area is 341 Å². The van der Waals surface area contributed by atoms with Crippen LogP contribution in [0.5, 0.6) is 11.5 Å². The van der Waals surface area contributed by atoms with E-state index in [2.05, 4.69) is 22.1 Å². The first-order valence-corrected chi connectivity index (χ1v) is 20.9. The van der Waals surface area contributed by atoms with Crippen molar-refractivity contribution in [2.24, 2.45) is 0 Å². The van der Waals surface area contributed by atoms with Gasteiger partial charge < -0.3 is 19.7 Å². The minimum Gasteiger partial charge on any atom is -0.456 e. The van der Waals surface area contributed by atoms with E-state index in [0.29, 0.717) is 47.6 Å². The lowest BCUT2D eigenvalue weighted by Gasteiger charge is -2.37. The Morgan fingerprint density at radius 2 is 1.63 bits per heavy atom. The Kier molecular flexibility index (Phi) is 11.5. The van der Waals surface area contributed by atoms with Crippen LogP contribution in [0, 0.1) is 6.92 Å². The molecule has 0 aliphatic carbocycles. The maximum Gasteiger partial charge on any atom is 0.416 e. The quantitative estimate of drug-likeness (QED) is 0.156. The number of alkyl halides is 3. The molecule has 0 saturated carbocycles. The molecule has 1 N–H and O–H groups in total. The molecule has 0 radical (unpaired) electrons. The standard InChI is InChI=1S/C43H47F3N6O6S/c1-6-49-20-22-50(23-21-49)27-30-12-15-31(25-35(30)43(44,45)46)48-40(53)36-17-14-29-13-16-32(26-37(29)51(36)41(54)58-42(3,4)5)57-38-18-19-47-39-34(38)24-28(2)52(39)59(55,56)33-10-8-7-9-11-33/h7-13,15-16,18-19,24-26,36H,6,14,17,20-23,27H2,1-5H3,(H,48,53). The number of nitrogens with zero attached hydrogens (tertiary/aromatic N) is 5. The highest BCUT2D eigenvalue weighted by atomic mass is 32.2. The summed E-state index contributed by atoms with van der Waals surface area (Å²) >= 11 is 0. The van der Waals surface area contributed by atoms with Crippen molar-refractivity contribution in [3.63, 3.8) is 0 Å². The summed E-state index contributed by atoms with van der Waals surface area (Å²) < 4.78 is 84.0. The largest absolute Gasteiger partial charge is 0.456 e. The van der Waals surface area contributed by atoms with Crippen LogP contribution in [0.1, 0.15) is 56.5 Å². The van der Waals surface area contributed by atoms with Gasteiger partial charge in [0, 0.05) is 56.4 Å². The summed E-state index contributed by atoms with van der Waals surface area (Å²) in [5, 5.41) is 3.08. The Morgan fingerprint density at radius 3 is 2.31 bits per heavy atom. The fourth-order valence-corrected chi connectivity index (χ4v) is 9.11. The number of aryl methyl sites for hydroxylation is 2. The molecule has 2 aliphatic rings. The fourth-order valence-electron chi connectivity index (χ4n) is 7.60. The number of halogens is 3. The third-order valence-electron chi connectivity index (χ3n) is 10.5. The second kappa shape index (κ2) is 16.3. The number of fused-ring (bicyclic) bond motifs is 2. The first-order chi connectivity index (χ1) is 27.9. The first kappa shape index (κ1) is 41.7. The zero-order valence-corrected chi connectivity index (χ0v) is 34.4. The number of pyridine rings is 1. The van der Waals surface area contributed by atoms with E-state index < -0.39 is 45.4 Å². The summed E-state index contributed by atoms with van der Waals surface area (Å²) in [4.78, 5) is 38.0. The molecule has 312 valence electrons. The third-order valence-corrected chi connectivity index (χ3v) is 12.3. The molecule has 3 aromatic carbocycles. The number of likely N-dealkylation sites (N-methyl/N-ethyl adjacent to an activating group) is 1. The van der Waals surface area contributed by atoms with Crippen molar-refractivity contribution < 1.29 is 40.7 Å². The SMILES string of the molecule is CCN1CCN(Cc2ccc(NC(=O)C3CCc4ccc(Oc5ccnc6c5cc(C)n6S(=O)(=O)c5ccccc5)cc4N3C(=O)OC(C)(C)C)cc2C(F)(F)F)CC1. The lowest BCUT2D eigenvalue weighted by molar-refractivity contribution is -0.138. The number of hydrogen-bond acceptors (Lipinski definition) is 9. The van der Waals surface area contributed by atoms with Crippen LogP contribution in [-0.4, -0.2) is 83.5 Å². The van der Waals surface area contributed by atoms with Crippen molar-refractivity contribution in [1.29, 1.82) is 0 Å². The molecule has 12 nitrogen and oxygen atoms in total. The van der Waals surface area contributed by atoms with Crippen LogP contribution in [0.3, 0.4) is 0 Å². The van der Waals surface area contributed by atoms with Gasteiger partial charge in [0.2, 0.25) is 5.91 Å². The average molecular weight is 833 g/mol. The van der Waals surface area contributed by atoms with E-state index in [1.165, 1.54) is 35.4 Å². The van der Waals surface area contributed by atoms with Crippen molar-refractivity contribution in [3.05, 3.63) is 107 Å². The molecule has 7 rings (SSSR count). The number of carbonyl (C=O) groups is 2. The molecular formula is C43H47F3N6O6S. The number of ether oxygens (including phenoxy) is 2. The molecular weight excluding hydrogens is 786 g/mol. The van der Waals surface area contributed by atoms with Crippen LogP contribution in [-0.2, 0) is 38.7 Å². The Bertz CT molecular complexity index is 2480. The van der Waals surface area contributed by atoms with E-state index in [1.54, 1.807) is 76.2 Å². The summed E-state index contributed by atoms with van der Waals surface area (Å²) in [6, 6.07) is 19.0. The van der Waals surface area contributed by atoms with Crippen molar-refractivity contribution in [3.8, 4) is 11.5 Å². The van der Waals surface area contributed by atoms with Crippen molar-refractivity contribution in [2.75, 3.05) is 42.9 Å². The van der Waals surface area contributed by atoms with Crippen LogP contribution in [0.25, 0.3) is 11.0 Å². The number of piperazine rings is 1. The molecule has 2 amide bonds. The smallest absolute Gasteiger partial charge is 0.416 e. The number of carbonyl (C=O) groups excluding carboxylic acids is 2. The molecule has 0 spiro atoms. The van der Waals surface area contributed by atoms with Crippen molar-refractivity contribution in [2.45, 2.75) is 76.7 Å². The maximum absolute atomic E-state index is 14.5. The van der Waals surface area contributed by atoms with E-state index >= 15 is 0 Å². The molecule has 5 aromatic rings. The van der Waals surface area contributed by atoms with Gasteiger partial charge in [-0.2, -0.15) is 13.2 Å². The number of benzene rings is 3. The molecule has 4 heterocycles. The third kappa shape index (κ3) is 8.94. The minimum absolute atomic E-state index is 0.0490. The van der Waals surface area contributed by atoms with E-state index in [-0.39, 0.29) is 40.5 Å². The number of amides is 2. The Hall–Kier alpha value is -5.45. The predicted molar refractivity (Wildman–Crippen MR) is 218 cm³/mol. The van der Waals surface area contributed by atoms with E-state index in [9.17, 15) is 31.2 Å². The number of aromatic nitrogens is 2. The number of rotatable bonds is 9. The lowest BCUT2D eigenvalue weighted by Crippen LogP contribution is -2.51. The number of anilines is 2. The van der Waals surface area contributed by atoms with Crippen molar-refractivity contribution in [1.82, 2.24) is 18.8 Å². The zero-order chi connectivity index (χ0) is 42.3. The van der Waals surface area contributed by atoms with Gasteiger partial charge in [0.25, 0.3) is 10.0 Å². The van der Waals surface area contributed by atoms with Gasteiger partial charge in [0.1, 0.15) is 23.1 Å². The van der Waals surface area contributed by atoms with Gasteiger partial charge in [-0.1, -0.05) is 37.3 Å². The molecule has 0 bridgehead atoms. The molecule has 59 heavy (non-hydrogen) atoms. The van der Waals surface area contributed by atoms with Gasteiger partial charge in [0.05, 0.1) is 21.5 Å². The second-order valence-electron chi connectivity index (χ2n) is 15.8. The van der Waals surface area contributed by atoms with Gasteiger partial charge in [0.15, 0.2) is 5.65 Å². The number of hydrogen-bond donors (Lipinski definition) is 1. The molecule has 2 aromatic heterocycles. The highest BCUT2D eigenvalue weighted by Gasteiger charge is 2.40. The van der Waals surface area contributed by atoms with Crippen LogP contribution in [0.4, 0.5) is 29.3 Å². The van der Waals surface area contributed by atoms with Crippen LogP contribution < -0.4 is 15.0 Å². The lowest BCUT2D eigenvalue weighted by atomic mass is 9.95. The van der Waals surface area contributed by atoms with Gasteiger partial charge in [-0.05, 0) is 101 Å². The van der Waals surface area contributed by atoms with Crippen LogP contribution >= 0.6 is 0 Å². The fraction of sp³-hybridized carbons (Fsp3) is 0.372. The topological polar surface area (TPSA) is 126 Å². The zero-order valence-electron chi connectivity index (χ0n) is 33.5. The maximum atomic E-state index is 14.5. The molecule has 1 saturated heterocycles. The Balaban J connectivity index is 1.18. The van der Waals surface area contributed by atoms with E-state index in [1.807, 2.05) is 4.90 Å². The van der Waals surface area contributed by atoms with E-state index in [0.717, 1.165) is 29.7 Å². The number of nitrogens with one attached hydrogen (secondary N) is 1. The highest BCUT2D eigenvalue weighted by molar-refractivity contribution is 7.90. The summed E-state index contributed by atoms with van der Waals surface area (Å²) in [5.74, 6) is -0.124. The van der Waals surface area contributed by atoms with Gasteiger partial charge in [-0.25, -0.2) is 22.2 Å². The normalized spacial score (nSPS) is 16.8. The molecule has 1 unspecified atom stereocenters. The minimum atomic E-state index is -4.66. The van der Waals surface area contributed by atoms with Crippen molar-refractivity contribution >= 4 is 44.4 Å². The summed E-state index contributed by atoms with van der Waals surface area (Å²) in [6.07, 6.45) is -3.52. The van der Waals surface area contributed by atoms with Gasteiger partial charge in [-0.3, -0.25) is 14.6 Å². The second-order valence-corrected chi connectivity index (χ2v) is 17.6. The molecule has 1 atom stereocenters. The molecule has 2 aliphatic heterocycles. The predicted octanol–water partition coefficient (Wildman–Crippen LogP) is 8.23. The summed E-state index contributed by atoms with van der Waals surface area (Å²) in [7, 11) is -4.00. The Morgan fingerprint density at radius 1 is 0.915 bits per heavy atom. The van der Waals surface area contributed by atoms with Crippen LogP contribution in [0.15, 0.2) is 90.0 Å². The highest BCUT2D eigenvalue weighted by Crippen LogP contribution is 2.40. The van der Waals surface area contributed by atoms with Gasteiger partial charge >= 0.3 is 12.3 Å². The first-order valence-electron chi connectivity index (χ1n) is 19.5. The summed E-state index contributed by atoms with van der Waals surface area (Å²) in [6.45, 7) is 12.7.